The molecule has 0 aromatic heterocycles. The van der Waals surface area contributed by atoms with E-state index in [9.17, 15) is 19.2 Å². The molecule has 2 heterocycles. The number of methoxy groups -OCH3 is 1. The third kappa shape index (κ3) is 5.95. The van der Waals surface area contributed by atoms with E-state index < -0.39 is 29.6 Å². The third-order valence-electron chi connectivity index (χ3n) is 4.83. The quantitative estimate of drug-likeness (QED) is 0.399. The topological polar surface area (TPSA) is 120 Å². The van der Waals surface area contributed by atoms with E-state index in [0.29, 0.717) is 57.9 Å². The molecule has 1 saturated heterocycles. The second kappa shape index (κ2) is 10.8. The van der Waals surface area contributed by atoms with Gasteiger partial charge in [0.05, 0.1) is 12.0 Å². The van der Waals surface area contributed by atoms with Crippen molar-refractivity contribution in [3.8, 4) is 17.2 Å². The minimum absolute atomic E-state index is 0.114. The van der Waals surface area contributed by atoms with Crippen LogP contribution in [0.3, 0.4) is 0 Å². The van der Waals surface area contributed by atoms with E-state index in [1.54, 1.807) is 36.4 Å². The fraction of sp³-hybridized carbons (Fsp3) is 0.217. The molecule has 2 aromatic rings. The Morgan fingerprint density at radius 2 is 1.91 bits per heavy atom. The number of carbonyl (C=O) groups excluding carboxylic acids is 4. The van der Waals surface area contributed by atoms with Gasteiger partial charge in [-0.1, -0.05) is 15.9 Å². The number of nitrogens with one attached hydrogen (secondary N) is 1. The summed E-state index contributed by atoms with van der Waals surface area (Å²) in [5.41, 5.74) is 0.915. The van der Waals surface area contributed by atoms with Gasteiger partial charge in [-0.2, -0.15) is 0 Å². The maximum absolute atomic E-state index is 12.9. The van der Waals surface area contributed by atoms with E-state index in [0.717, 1.165) is 4.90 Å². The number of esters is 1. The molecule has 0 unspecified atom stereocenters. The van der Waals surface area contributed by atoms with Crippen molar-refractivity contribution < 1.29 is 38.1 Å². The highest BCUT2D eigenvalue weighted by molar-refractivity contribution is 9.10. The Bertz CT molecular complexity index is 1230. The number of carbonyl (C=O) groups is 4. The molecule has 2 aromatic carbocycles. The lowest BCUT2D eigenvalue weighted by molar-refractivity contribution is -0.142. The van der Waals surface area contributed by atoms with Crippen molar-refractivity contribution in [1.29, 1.82) is 0 Å². The number of thioether (sulfide) groups is 1. The minimum atomic E-state index is -0.615. The number of imide groups is 1. The monoisotopic (exact) mass is 562 g/mol. The Morgan fingerprint density at radius 1 is 1.14 bits per heavy atom. The Morgan fingerprint density at radius 3 is 2.69 bits per heavy atom. The van der Waals surface area contributed by atoms with E-state index >= 15 is 0 Å². The summed E-state index contributed by atoms with van der Waals surface area (Å²) in [6.07, 6.45) is 1.47. The summed E-state index contributed by atoms with van der Waals surface area (Å²) in [7, 11) is 1.24. The van der Waals surface area contributed by atoms with Gasteiger partial charge in [-0.25, -0.2) is 4.79 Å². The number of benzene rings is 2. The number of hydrogen-bond donors (Lipinski definition) is 1. The van der Waals surface area contributed by atoms with Crippen LogP contribution in [0.2, 0.25) is 0 Å². The molecular formula is C23H19BrN2O8S. The zero-order valence-corrected chi connectivity index (χ0v) is 20.8. The molecule has 10 nitrogen and oxygen atoms in total. The molecule has 2 aliphatic rings. The molecule has 182 valence electrons. The number of ether oxygens (including phenoxy) is 4. The van der Waals surface area contributed by atoms with Crippen LogP contribution in [0.4, 0.5) is 10.5 Å². The number of halogens is 1. The lowest BCUT2D eigenvalue weighted by atomic mass is 10.2. The number of hydrogen-bond acceptors (Lipinski definition) is 9. The van der Waals surface area contributed by atoms with Gasteiger partial charge in [-0.05, 0) is 48.2 Å². The molecule has 1 N–H and O–H groups in total. The van der Waals surface area contributed by atoms with Crippen LogP contribution in [0.5, 0.6) is 17.2 Å². The largest absolute Gasteiger partial charge is 0.486 e. The van der Waals surface area contributed by atoms with Crippen molar-refractivity contribution >= 4 is 62.5 Å². The van der Waals surface area contributed by atoms with Gasteiger partial charge in [-0.3, -0.25) is 19.3 Å². The minimum Gasteiger partial charge on any atom is -0.486 e. The molecule has 0 saturated carbocycles. The van der Waals surface area contributed by atoms with Gasteiger partial charge in [0.15, 0.2) is 18.1 Å². The fourth-order valence-electron chi connectivity index (χ4n) is 3.20. The molecule has 35 heavy (non-hydrogen) atoms. The van der Waals surface area contributed by atoms with E-state index in [-0.39, 0.29) is 11.5 Å². The van der Waals surface area contributed by atoms with Crippen molar-refractivity contribution in [2.24, 2.45) is 0 Å². The lowest BCUT2D eigenvalue weighted by Crippen LogP contribution is -2.36. The van der Waals surface area contributed by atoms with Crippen molar-refractivity contribution in [2.45, 2.75) is 0 Å². The zero-order valence-electron chi connectivity index (χ0n) is 18.4. The van der Waals surface area contributed by atoms with Gasteiger partial charge in [0, 0.05) is 21.8 Å². The van der Waals surface area contributed by atoms with E-state index in [2.05, 4.69) is 26.0 Å². The van der Waals surface area contributed by atoms with Crippen LogP contribution in [0, 0.1) is 0 Å². The van der Waals surface area contributed by atoms with Crippen LogP contribution in [0.25, 0.3) is 6.08 Å². The van der Waals surface area contributed by atoms with E-state index in [4.69, 9.17) is 14.2 Å². The number of nitrogens with zero attached hydrogens (tertiary/aromatic N) is 1. The summed E-state index contributed by atoms with van der Waals surface area (Å²) in [6.45, 7) is 0.0757. The van der Waals surface area contributed by atoms with Crippen molar-refractivity contribution in [2.75, 3.05) is 38.8 Å². The Balaban J connectivity index is 1.45. The lowest BCUT2D eigenvalue weighted by Gasteiger charge is -2.19. The normalized spacial score (nSPS) is 15.8. The summed E-state index contributed by atoms with van der Waals surface area (Å²) < 4.78 is 21.7. The molecule has 3 amide bonds. The van der Waals surface area contributed by atoms with E-state index in [1.807, 2.05) is 0 Å². The molecule has 0 aliphatic carbocycles. The summed E-state index contributed by atoms with van der Waals surface area (Å²) in [5, 5.41) is 2.08. The number of rotatable bonds is 7. The van der Waals surface area contributed by atoms with E-state index in [1.165, 1.54) is 13.2 Å². The van der Waals surface area contributed by atoms with Crippen molar-refractivity contribution in [3.05, 3.63) is 51.3 Å². The van der Waals surface area contributed by atoms with Gasteiger partial charge in [0.2, 0.25) is 5.91 Å². The SMILES string of the molecule is COC(=O)COc1ccc(Br)cc1C=C1SC(=O)N(CC(=O)Nc2ccc3c(c2)OCCO3)C1=O. The second-order valence-corrected chi connectivity index (χ2v) is 9.13. The predicted octanol–water partition coefficient (Wildman–Crippen LogP) is 3.45. The summed E-state index contributed by atoms with van der Waals surface area (Å²) in [6, 6.07) is 9.92. The summed E-state index contributed by atoms with van der Waals surface area (Å²) in [4.78, 5) is 50.3. The molecule has 0 radical (unpaired) electrons. The molecule has 1 fully saturated rings. The Kier molecular flexibility index (Phi) is 7.61. The van der Waals surface area contributed by atoms with Crippen LogP contribution in [-0.2, 0) is 19.1 Å². The average molecular weight is 563 g/mol. The van der Waals surface area contributed by atoms with Gasteiger partial charge in [-0.15, -0.1) is 0 Å². The highest BCUT2D eigenvalue weighted by Gasteiger charge is 2.36. The zero-order chi connectivity index (χ0) is 24.9. The Labute approximate surface area is 212 Å². The second-order valence-electron chi connectivity index (χ2n) is 7.22. The first-order valence-corrected chi connectivity index (χ1v) is 11.9. The first kappa shape index (κ1) is 24.6. The van der Waals surface area contributed by atoms with Crippen molar-refractivity contribution in [3.63, 3.8) is 0 Å². The Hall–Kier alpha value is -3.51. The average Bonchev–Trinajstić information content (AvgIpc) is 3.10. The fourth-order valence-corrected chi connectivity index (χ4v) is 4.41. The molecule has 0 spiro atoms. The number of amides is 3. The first-order chi connectivity index (χ1) is 16.8. The maximum atomic E-state index is 12.9. The standard InChI is InChI=1S/C23H19BrN2O8S/c1-31-21(28)12-34-16-4-2-14(24)8-13(16)9-19-22(29)26(23(30)35-19)11-20(27)25-15-3-5-17-18(10-15)33-7-6-32-17/h2-5,8-10H,6-7,11-12H2,1H3,(H,25,27). The molecular weight excluding hydrogens is 544 g/mol. The molecule has 2 aliphatic heterocycles. The van der Waals surface area contributed by atoms with Crippen LogP contribution < -0.4 is 19.5 Å². The van der Waals surface area contributed by atoms with Gasteiger partial charge >= 0.3 is 5.97 Å². The highest BCUT2D eigenvalue weighted by atomic mass is 79.9. The maximum Gasteiger partial charge on any atom is 0.343 e. The van der Waals surface area contributed by atoms with Gasteiger partial charge in [0.1, 0.15) is 25.5 Å². The number of fused-ring (bicyclic) bond motifs is 1. The molecule has 12 heteroatoms. The molecule has 4 rings (SSSR count). The van der Waals surface area contributed by atoms with Gasteiger partial charge in [0.25, 0.3) is 11.1 Å². The van der Waals surface area contributed by atoms with Crippen molar-refractivity contribution in [1.82, 2.24) is 4.90 Å². The van der Waals surface area contributed by atoms with Crippen LogP contribution in [0.1, 0.15) is 5.56 Å². The highest BCUT2D eigenvalue weighted by Crippen LogP contribution is 2.35. The first-order valence-electron chi connectivity index (χ1n) is 10.3. The third-order valence-corrected chi connectivity index (χ3v) is 6.23. The summed E-state index contributed by atoms with van der Waals surface area (Å²) in [5.74, 6) is -0.328. The van der Waals surface area contributed by atoms with Crippen LogP contribution >= 0.6 is 27.7 Å². The van der Waals surface area contributed by atoms with Crippen LogP contribution in [0.15, 0.2) is 45.8 Å². The van der Waals surface area contributed by atoms with Crippen LogP contribution in [-0.4, -0.2) is 61.4 Å². The molecule has 0 atom stereocenters. The smallest absolute Gasteiger partial charge is 0.343 e. The molecule has 0 bridgehead atoms. The number of anilines is 1. The van der Waals surface area contributed by atoms with Gasteiger partial charge < -0.3 is 24.3 Å². The summed E-state index contributed by atoms with van der Waals surface area (Å²) >= 11 is 4.06. The predicted molar refractivity (Wildman–Crippen MR) is 130 cm³/mol.